The third-order valence-electron chi connectivity index (χ3n) is 5.86. The van der Waals surface area contributed by atoms with Crippen LogP contribution < -0.4 is 9.47 Å². The van der Waals surface area contributed by atoms with E-state index in [2.05, 4.69) is 45.1 Å². The lowest BCUT2D eigenvalue weighted by atomic mass is 9.68. The quantitative estimate of drug-likeness (QED) is 0.499. The summed E-state index contributed by atoms with van der Waals surface area (Å²) in [5.41, 5.74) is 2.39. The Balaban J connectivity index is 1.96. The van der Waals surface area contributed by atoms with Crippen LogP contribution in [-0.4, -0.2) is 23.9 Å². The molecule has 0 bridgehead atoms. The summed E-state index contributed by atoms with van der Waals surface area (Å²) in [6.07, 6.45) is 12.1. The Kier molecular flexibility index (Phi) is 6.29. The second-order valence-corrected chi connectivity index (χ2v) is 8.25. The van der Waals surface area contributed by atoms with Crippen molar-refractivity contribution >= 4 is 0 Å². The Hall–Kier alpha value is -1.48. The molecule has 3 heteroatoms. The maximum Gasteiger partial charge on any atom is 0.127 e. The molecule has 3 rings (SSSR count). The Bertz CT molecular complexity index is 633. The molecule has 1 aliphatic carbocycles. The lowest BCUT2D eigenvalue weighted by Crippen LogP contribution is -2.45. The van der Waals surface area contributed by atoms with Gasteiger partial charge in [0.05, 0.1) is 6.61 Å². The summed E-state index contributed by atoms with van der Waals surface area (Å²) in [6, 6.07) is 4.48. The number of aliphatic hydroxyl groups excluding tert-OH is 1. The first kappa shape index (κ1) is 19.3. The van der Waals surface area contributed by atoms with Gasteiger partial charge in [0.15, 0.2) is 0 Å². The number of hydrogen-bond acceptors (Lipinski definition) is 3. The third-order valence-corrected chi connectivity index (χ3v) is 5.86. The highest BCUT2D eigenvalue weighted by molar-refractivity contribution is 5.53. The SMILES string of the molecule is CCCCCc1cc(OCCCO)c2c(c1)OC(C)(C)[C@@H]1CC=CCC21. The predicted octanol–water partition coefficient (Wildman–Crippen LogP) is 5.40. The first-order valence-electron chi connectivity index (χ1n) is 10.3. The normalized spacial score (nSPS) is 23.1. The molecule has 0 amide bonds. The molecule has 1 aromatic rings. The van der Waals surface area contributed by atoms with Gasteiger partial charge in [-0.05, 0) is 57.2 Å². The fourth-order valence-corrected chi connectivity index (χ4v) is 4.46. The van der Waals surface area contributed by atoms with E-state index in [4.69, 9.17) is 14.6 Å². The third kappa shape index (κ3) is 4.09. The van der Waals surface area contributed by atoms with Crippen LogP contribution in [0.15, 0.2) is 24.3 Å². The lowest BCUT2D eigenvalue weighted by molar-refractivity contribution is 0.00809. The van der Waals surface area contributed by atoms with Gasteiger partial charge in [-0.2, -0.15) is 0 Å². The minimum absolute atomic E-state index is 0.160. The molecule has 0 radical (unpaired) electrons. The second-order valence-electron chi connectivity index (χ2n) is 8.25. The first-order chi connectivity index (χ1) is 12.6. The molecule has 144 valence electrons. The molecule has 2 aliphatic rings. The molecule has 0 spiro atoms. The molecule has 1 aliphatic heterocycles. The maximum absolute atomic E-state index is 9.12. The molecular weight excluding hydrogens is 324 g/mol. The smallest absolute Gasteiger partial charge is 0.127 e. The van der Waals surface area contributed by atoms with E-state index in [1.54, 1.807) is 0 Å². The molecule has 2 atom stereocenters. The van der Waals surface area contributed by atoms with E-state index < -0.39 is 0 Å². The number of aliphatic hydroxyl groups is 1. The topological polar surface area (TPSA) is 38.7 Å². The molecule has 1 unspecified atom stereocenters. The van der Waals surface area contributed by atoms with Crippen LogP contribution in [0.2, 0.25) is 0 Å². The lowest BCUT2D eigenvalue weighted by Gasteiger charge is -2.46. The number of rotatable bonds is 8. The van der Waals surface area contributed by atoms with Crippen molar-refractivity contribution in [1.82, 2.24) is 0 Å². The van der Waals surface area contributed by atoms with Gasteiger partial charge in [-0.25, -0.2) is 0 Å². The van der Waals surface area contributed by atoms with Gasteiger partial charge >= 0.3 is 0 Å². The first-order valence-corrected chi connectivity index (χ1v) is 10.3. The van der Waals surface area contributed by atoms with Crippen LogP contribution in [0.4, 0.5) is 0 Å². The summed E-state index contributed by atoms with van der Waals surface area (Å²) in [5.74, 6) is 2.92. The summed E-state index contributed by atoms with van der Waals surface area (Å²) in [5, 5.41) is 9.12. The Labute approximate surface area is 158 Å². The van der Waals surface area contributed by atoms with Gasteiger partial charge in [0.2, 0.25) is 0 Å². The molecule has 3 nitrogen and oxygen atoms in total. The predicted molar refractivity (Wildman–Crippen MR) is 106 cm³/mol. The van der Waals surface area contributed by atoms with Crippen LogP contribution in [0.5, 0.6) is 11.5 Å². The van der Waals surface area contributed by atoms with Gasteiger partial charge in [-0.1, -0.05) is 31.9 Å². The van der Waals surface area contributed by atoms with E-state index in [0.717, 1.165) is 30.8 Å². The van der Waals surface area contributed by atoms with E-state index in [9.17, 15) is 0 Å². The number of ether oxygens (including phenoxy) is 2. The summed E-state index contributed by atoms with van der Waals surface area (Å²) in [6.45, 7) is 7.40. The number of aryl methyl sites for hydroxylation is 1. The van der Waals surface area contributed by atoms with Gasteiger partial charge in [-0.3, -0.25) is 0 Å². The molecule has 1 aromatic carbocycles. The van der Waals surface area contributed by atoms with E-state index in [1.165, 1.54) is 30.4 Å². The summed E-state index contributed by atoms with van der Waals surface area (Å²) in [4.78, 5) is 0. The van der Waals surface area contributed by atoms with Gasteiger partial charge in [-0.15, -0.1) is 0 Å². The van der Waals surface area contributed by atoms with Crippen LogP contribution >= 0.6 is 0 Å². The molecular formula is C23H34O3. The minimum atomic E-state index is -0.160. The highest BCUT2D eigenvalue weighted by atomic mass is 16.5. The highest BCUT2D eigenvalue weighted by Gasteiger charge is 2.45. The summed E-state index contributed by atoms with van der Waals surface area (Å²) < 4.78 is 12.7. The fraction of sp³-hybridized carbons (Fsp3) is 0.652. The van der Waals surface area contributed by atoms with Crippen LogP contribution in [0.3, 0.4) is 0 Å². The zero-order valence-corrected chi connectivity index (χ0v) is 16.6. The molecule has 1 heterocycles. The van der Waals surface area contributed by atoms with Crippen LogP contribution in [0.1, 0.15) is 76.3 Å². The average molecular weight is 359 g/mol. The average Bonchev–Trinajstić information content (AvgIpc) is 2.61. The van der Waals surface area contributed by atoms with Crippen molar-refractivity contribution in [3.8, 4) is 11.5 Å². The van der Waals surface area contributed by atoms with Gasteiger partial charge < -0.3 is 14.6 Å². The van der Waals surface area contributed by atoms with Crippen LogP contribution in [-0.2, 0) is 6.42 Å². The van der Waals surface area contributed by atoms with E-state index in [0.29, 0.717) is 24.9 Å². The van der Waals surface area contributed by atoms with Crippen molar-refractivity contribution < 1.29 is 14.6 Å². The number of benzene rings is 1. The van der Waals surface area contributed by atoms with Crippen molar-refractivity contribution in [3.05, 3.63) is 35.4 Å². The molecule has 0 saturated heterocycles. The van der Waals surface area contributed by atoms with Crippen LogP contribution in [0, 0.1) is 5.92 Å². The number of allylic oxidation sites excluding steroid dienone is 2. The van der Waals surface area contributed by atoms with Gasteiger partial charge in [0, 0.05) is 30.4 Å². The Morgan fingerprint density at radius 3 is 2.73 bits per heavy atom. The monoisotopic (exact) mass is 358 g/mol. The number of hydrogen-bond donors (Lipinski definition) is 1. The zero-order valence-electron chi connectivity index (χ0n) is 16.6. The largest absolute Gasteiger partial charge is 0.493 e. The van der Waals surface area contributed by atoms with Crippen molar-refractivity contribution in [2.75, 3.05) is 13.2 Å². The van der Waals surface area contributed by atoms with E-state index in [-0.39, 0.29) is 12.2 Å². The standard InChI is InChI=1S/C23H34O3/c1-4-5-6-10-17-15-20(25-14-9-13-24)22-18-11-7-8-12-19(18)23(2,3)26-21(22)16-17/h7-8,15-16,18-19,24H,4-6,9-14H2,1-3H3/t18?,19-/m1/s1. The van der Waals surface area contributed by atoms with Gasteiger partial charge in [0.1, 0.15) is 17.1 Å². The zero-order chi connectivity index (χ0) is 18.6. The summed E-state index contributed by atoms with van der Waals surface area (Å²) >= 11 is 0. The molecule has 1 N–H and O–H groups in total. The van der Waals surface area contributed by atoms with Crippen LogP contribution in [0.25, 0.3) is 0 Å². The number of fused-ring (bicyclic) bond motifs is 3. The van der Waals surface area contributed by atoms with Crippen molar-refractivity contribution in [3.63, 3.8) is 0 Å². The van der Waals surface area contributed by atoms with Gasteiger partial charge in [0.25, 0.3) is 0 Å². The van der Waals surface area contributed by atoms with Crippen molar-refractivity contribution in [2.45, 2.75) is 77.2 Å². The highest BCUT2D eigenvalue weighted by Crippen LogP contribution is 2.53. The molecule has 0 fully saturated rings. The van der Waals surface area contributed by atoms with E-state index >= 15 is 0 Å². The minimum Gasteiger partial charge on any atom is -0.493 e. The van der Waals surface area contributed by atoms with Crippen molar-refractivity contribution in [1.29, 1.82) is 0 Å². The van der Waals surface area contributed by atoms with Crippen molar-refractivity contribution in [2.24, 2.45) is 5.92 Å². The fourth-order valence-electron chi connectivity index (χ4n) is 4.46. The maximum atomic E-state index is 9.12. The molecule has 26 heavy (non-hydrogen) atoms. The summed E-state index contributed by atoms with van der Waals surface area (Å²) in [7, 11) is 0. The number of unbranched alkanes of at least 4 members (excludes halogenated alkanes) is 2. The molecule has 0 aromatic heterocycles. The second kappa shape index (κ2) is 8.47. The molecule has 0 saturated carbocycles. The Morgan fingerprint density at radius 1 is 1.15 bits per heavy atom. The van der Waals surface area contributed by atoms with E-state index in [1.807, 2.05) is 0 Å². The Morgan fingerprint density at radius 2 is 1.96 bits per heavy atom.